The molecular weight excluding hydrogens is 823 g/mol. The molecule has 5 aliphatic carbocycles. The monoisotopic (exact) mass is 871 g/mol. The van der Waals surface area contributed by atoms with Gasteiger partial charge in [0.25, 0.3) is 0 Å². The quantitative estimate of drug-likeness (QED) is 0.177. The molecule has 2 aromatic heterocycles. The molecule has 324 valence electrons. The fourth-order valence-electron chi connectivity index (χ4n) is 15.9. The Morgan fingerprint density at radius 1 is 0.456 bits per heavy atom. The Kier molecular flexibility index (Phi) is 7.45. The lowest BCUT2D eigenvalue weighted by molar-refractivity contribution is -0.0193. The number of rotatable bonds is 6. The van der Waals surface area contributed by atoms with E-state index >= 15 is 0 Å². The van der Waals surface area contributed by atoms with E-state index in [0.717, 1.165) is 51.9 Å². The molecule has 1 N–H and O–H groups in total. The normalized spacial score (nSPS) is 23.7. The van der Waals surface area contributed by atoms with E-state index in [-0.39, 0.29) is 5.41 Å². The number of para-hydroxylation sites is 2. The molecule has 2 spiro atoms. The molecule has 4 fully saturated rings. The highest BCUT2D eigenvalue weighted by Gasteiger charge is 2.76. The van der Waals surface area contributed by atoms with Crippen molar-refractivity contribution in [2.45, 2.75) is 37.5 Å². The Labute approximate surface area is 396 Å². The smallest absolute Gasteiger partial charge is 0.0562 e. The minimum Gasteiger partial charge on any atom is -0.354 e. The summed E-state index contributed by atoms with van der Waals surface area (Å²) in [7, 11) is 0. The third-order valence-corrected chi connectivity index (χ3v) is 18.2. The third-order valence-electron chi connectivity index (χ3n) is 18.2. The highest BCUT2D eigenvalue weighted by Crippen LogP contribution is 2.83. The van der Waals surface area contributed by atoms with Crippen molar-refractivity contribution in [3.8, 4) is 39.1 Å². The van der Waals surface area contributed by atoms with Gasteiger partial charge in [-0.3, -0.25) is 0 Å². The van der Waals surface area contributed by atoms with Crippen molar-refractivity contribution in [1.29, 1.82) is 0 Å². The van der Waals surface area contributed by atoms with Crippen molar-refractivity contribution in [3.05, 3.63) is 217 Å². The zero-order valence-corrected chi connectivity index (χ0v) is 37.9. The van der Waals surface area contributed by atoms with Crippen LogP contribution >= 0.6 is 0 Å². The van der Waals surface area contributed by atoms with Crippen LogP contribution in [0.25, 0.3) is 82.7 Å². The summed E-state index contributed by atoms with van der Waals surface area (Å²) in [6, 6.07) is 77.5. The first-order valence-corrected chi connectivity index (χ1v) is 25.0. The molecule has 3 bridgehead atoms. The average molecular weight is 872 g/mol. The largest absolute Gasteiger partial charge is 0.354 e. The zero-order chi connectivity index (χ0) is 44.3. The second-order valence-corrected chi connectivity index (χ2v) is 21.0. The van der Waals surface area contributed by atoms with Gasteiger partial charge in [-0.25, -0.2) is 0 Å². The van der Waals surface area contributed by atoms with Gasteiger partial charge in [0.05, 0.1) is 16.7 Å². The summed E-state index contributed by atoms with van der Waals surface area (Å²) in [6.45, 7) is 0. The van der Waals surface area contributed by atoms with E-state index in [1.807, 2.05) is 0 Å². The molecule has 2 heterocycles. The van der Waals surface area contributed by atoms with Crippen molar-refractivity contribution in [1.82, 2.24) is 9.55 Å². The van der Waals surface area contributed by atoms with E-state index in [9.17, 15) is 0 Å². The maximum absolute atomic E-state index is 3.87. The van der Waals surface area contributed by atoms with Gasteiger partial charge in [0, 0.05) is 55.1 Å². The summed E-state index contributed by atoms with van der Waals surface area (Å²) in [4.78, 5) is 6.36. The number of H-pyrrole nitrogens is 1. The predicted octanol–water partition coefficient (Wildman–Crippen LogP) is 16.9. The first-order chi connectivity index (χ1) is 33.7. The fourth-order valence-corrected chi connectivity index (χ4v) is 15.9. The topological polar surface area (TPSA) is 24.0 Å². The minimum atomic E-state index is 0.177. The summed E-state index contributed by atoms with van der Waals surface area (Å²) in [5.74, 6) is 3.46. The van der Waals surface area contributed by atoms with Gasteiger partial charge in [-0.2, -0.15) is 0 Å². The highest BCUT2D eigenvalue weighted by atomic mass is 15.1. The van der Waals surface area contributed by atoms with Gasteiger partial charge in [-0.1, -0.05) is 133 Å². The van der Waals surface area contributed by atoms with Crippen LogP contribution in [0.1, 0.15) is 43.2 Å². The number of nitrogens with zero attached hydrogens (tertiary/aromatic N) is 2. The van der Waals surface area contributed by atoms with Crippen LogP contribution in [0.3, 0.4) is 0 Å². The molecule has 0 radical (unpaired) electrons. The number of aromatic nitrogens is 2. The zero-order valence-electron chi connectivity index (χ0n) is 37.9. The molecule has 4 saturated carbocycles. The Morgan fingerprint density at radius 2 is 1.16 bits per heavy atom. The third kappa shape index (κ3) is 4.79. The second kappa shape index (κ2) is 13.5. The van der Waals surface area contributed by atoms with Crippen LogP contribution in [0.2, 0.25) is 0 Å². The van der Waals surface area contributed by atoms with Crippen LogP contribution in [-0.4, -0.2) is 9.55 Å². The summed E-state index contributed by atoms with van der Waals surface area (Å²) in [6.07, 6.45) is 7.28. The average Bonchev–Trinajstić information content (AvgIpc) is 4.12. The number of nitrogens with one attached hydrogen (secondary N) is 1. The fraction of sp³-hybridized carbons (Fsp3) is 0.169. The van der Waals surface area contributed by atoms with Crippen LogP contribution in [-0.2, 0) is 5.41 Å². The lowest BCUT2D eigenvalue weighted by atomic mass is 9.49. The van der Waals surface area contributed by atoms with Crippen LogP contribution in [0.4, 0.5) is 17.1 Å². The molecule has 6 atom stereocenters. The first-order valence-electron chi connectivity index (χ1n) is 25.0. The first kappa shape index (κ1) is 37.5. The van der Waals surface area contributed by atoms with Gasteiger partial charge >= 0.3 is 0 Å². The SMILES string of the molecule is c1ccc(-c2ccc(N(c3ccc4[nH]c5cccc(-c6ccc7c(c6)-c6ccccc6C76C7CC8CC9CC6C9(C8)C7)c5c4c3)c3cccc4c3c3ccccc3n4-c3ccccc3)cc2)cc1. The van der Waals surface area contributed by atoms with Crippen LogP contribution in [0.15, 0.2) is 206 Å². The molecule has 9 aromatic carbocycles. The summed E-state index contributed by atoms with van der Waals surface area (Å²) >= 11 is 0. The molecule has 11 aromatic rings. The maximum atomic E-state index is 3.87. The molecule has 0 saturated heterocycles. The summed E-state index contributed by atoms with van der Waals surface area (Å²) in [5, 5.41) is 4.97. The lowest BCUT2D eigenvalue weighted by Crippen LogP contribution is -2.50. The van der Waals surface area contributed by atoms with Crippen LogP contribution in [0.5, 0.6) is 0 Å². The molecular formula is C65H49N3. The van der Waals surface area contributed by atoms with E-state index in [2.05, 4.69) is 221 Å². The molecule has 16 rings (SSSR count). The Hall–Kier alpha value is -7.62. The minimum absolute atomic E-state index is 0.177. The van der Waals surface area contributed by atoms with E-state index in [1.54, 1.807) is 11.1 Å². The number of benzene rings is 9. The summed E-state index contributed by atoms with van der Waals surface area (Å²) < 4.78 is 2.42. The Balaban J connectivity index is 0.891. The number of aromatic amines is 1. The maximum Gasteiger partial charge on any atom is 0.0562 e. The predicted molar refractivity (Wildman–Crippen MR) is 281 cm³/mol. The number of hydrogen-bond donors (Lipinski definition) is 1. The van der Waals surface area contributed by atoms with E-state index < -0.39 is 0 Å². The molecule has 0 aliphatic heterocycles. The Bertz CT molecular complexity index is 3880. The van der Waals surface area contributed by atoms with E-state index in [0.29, 0.717) is 5.41 Å². The molecule has 3 heteroatoms. The van der Waals surface area contributed by atoms with Crippen LogP contribution in [0, 0.1) is 29.1 Å². The molecule has 0 amide bonds. The lowest BCUT2D eigenvalue weighted by Gasteiger charge is -2.54. The second-order valence-electron chi connectivity index (χ2n) is 21.0. The van der Waals surface area contributed by atoms with Crippen molar-refractivity contribution >= 4 is 60.7 Å². The van der Waals surface area contributed by atoms with E-state index in [1.165, 1.54) is 104 Å². The molecule has 68 heavy (non-hydrogen) atoms. The molecule has 3 nitrogen and oxygen atoms in total. The molecule has 6 unspecified atom stereocenters. The van der Waals surface area contributed by atoms with Crippen molar-refractivity contribution < 1.29 is 0 Å². The van der Waals surface area contributed by atoms with Gasteiger partial charge < -0.3 is 14.5 Å². The number of hydrogen-bond acceptors (Lipinski definition) is 1. The van der Waals surface area contributed by atoms with Crippen molar-refractivity contribution in [2.24, 2.45) is 29.1 Å². The van der Waals surface area contributed by atoms with Crippen molar-refractivity contribution in [3.63, 3.8) is 0 Å². The highest BCUT2D eigenvalue weighted by molar-refractivity contribution is 6.18. The van der Waals surface area contributed by atoms with Gasteiger partial charge in [0.15, 0.2) is 0 Å². The summed E-state index contributed by atoms with van der Waals surface area (Å²) in [5.41, 5.74) is 21.2. The van der Waals surface area contributed by atoms with Crippen LogP contribution < -0.4 is 4.90 Å². The van der Waals surface area contributed by atoms with Gasteiger partial charge in [-0.05, 0) is 178 Å². The van der Waals surface area contributed by atoms with E-state index in [4.69, 9.17) is 0 Å². The number of fused-ring (bicyclic) bond motifs is 15. The standard InChI is InChI=1S/C65H49N3/c1-3-13-41(14-4-1)42-25-28-47(29-26-42)67(59-23-12-24-60-63(59)51-18-8-10-22-58(51)68(60)46-15-5-2-6-16-46)48-30-32-56-53(37-48)62-49(19-11-21-57(62)66-56)43-27-31-55-52(35-43)50-17-7-9-20-54(50)65(55)45-34-40-33-44-36-61(65)64(44,38-40)39-45/h1-32,35,37,40,44-45,61,66H,33-34,36,38-39H2. The van der Waals surface area contributed by atoms with Gasteiger partial charge in [-0.15, -0.1) is 0 Å². The van der Waals surface area contributed by atoms with Gasteiger partial charge in [0.2, 0.25) is 0 Å². The van der Waals surface area contributed by atoms with Crippen molar-refractivity contribution in [2.75, 3.05) is 4.90 Å². The molecule has 5 aliphatic rings. The van der Waals surface area contributed by atoms with Gasteiger partial charge in [0.1, 0.15) is 0 Å². The number of anilines is 3. The Morgan fingerprint density at radius 3 is 2.06 bits per heavy atom.